The molecular weight excluding hydrogens is 324 g/mol. The maximum atomic E-state index is 12.5. The topological polar surface area (TPSA) is 79.3 Å². The third-order valence-electron chi connectivity index (χ3n) is 5.15. The molecule has 0 radical (unpaired) electrons. The van der Waals surface area contributed by atoms with Crippen LogP contribution in [-0.2, 0) is 20.7 Å². The predicted octanol–water partition coefficient (Wildman–Crippen LogP) is 0.626. The molecule has 2 saturated heterocycles. The van der Waals surface area contributed by atoms with E-state index in [1.54, 1.807) is 7.11 Å². The summed E-state index contributed by atoms with van der Waals surface area (Å²) in [6.45, 7) is 2.91. The molecule has 1 aromatic rings. The molecule has 0 saturated carbocycles. The summed E-state index contributed by atoms with van der Waals surface area (Å²) in [5.41, 5.74) is 0.0184. The van der Waals surface area contributed by atoms with Gasteiger partial charge in [0, 0.05) is 39.2 Å². The molecule has 136 valence electrons. The summed E-state index contributed by atoms with van der Waals surface area (Å²) >= 11 is 0. The van der Waals surface area contributed by atoms with Crippen LogP contribution in [0.5, 0.6) is 5.75 Å². The van der Waals surface area contributed by atoms with Gasteiger partial charge in [-0.05, 0) is 17.7 Å². The highest BCUT2D eigenvalue weighted by molar-refractivity contribution is 5.80. The fraction of sp³-hybridized carbons (Fsp3) is 0.556. The Bertz CT molecular complexity index is 617. The SMILES string of the molecule is COc1ccc(CC(=O)N2CCN(C3(C(=O)O)CCOC3)CC2)cc1. The lowest BCUT2D eigenvalue weighted by Gasteiger charge is -2.42. The highest BCUT2D eigenvalue weighted by Gasteiger charge is 2.48. The number of rotatable bonds is 5. The summed E-state index contributed by atoms with van der Waals surface area (Å²) in [5, 5.41) is 9.62. The smallest absolute Gasteiger partial charge is 0.326 e. The molecule has 1 amide bonds. The first kappa shape index (κ1) is 17.7. The van der Waals surface area contributed by atoms with Gasteiger partial charge in [-0.1, -0.05) is 12.1 Å². The molecular formula is C18H24N2O5. The number of carboxylic acid groups (broad SMARTS) is 1. The number of carbonyl (C=O) groups excluding carboxylic acids is 1. The summed E-state index contributed by atoms with van der Waals surface area (Å²) < 4.78 is 10.5. The molecule has 0 aliphatic carbocycles. The van der Waals surface area contributed by atoms with Crippen molar-refractivity contribution in [2.75, 3.05) is 46.5 Å². The fourth-order valence-electron chi connectivity index (χ4n) is 3.52. The Morgan fingerprint density at radius 2 is 1.88 bits per heavy atom. The molecule has 2 fully saturated rings. The molecule has 0 bridgehead atoms. The zero-order valence-corrected chi connectivity index (χ0v) is 14.4. The summed E-state index contributed by atoms with van der Waals surface area (Å²) in [6, 6.07) is 7.47. The molecule has 0 spiro atoms. The van der Waals surface area contributed by atoms with E-state index in [1.165, 1.54) is 0 Å². The Hall–Kier alpha value is -2.12. The molecule has 2 heterocycles. The van der Waals surface area contributed by atoms with Gasteiger partial charge in [-0.25, -0.2) is 0 Å². The molecule has 1 aromatic carbocycles. The number of benzene rings is 1. The van der Waals surface area contributed by atoms with Crippen molar-refractivity contribution in [3.8, 4) is 5.75 Å². The second kappa shape index (κ2) is 7.41. The van der Waals surface area contributed by atoms with Crippen LogP contribution in [0.15, 0.2) is 24.3 Å². The summed E-state index contributed by atoms with van der Waals surface area (Å²) in [4.78, 5) is 28.0. The van der Waals surface area contributed by atoms with Gasteiger partial charge >= 0.3 is 5.97 Å². The Morgan fingerprint density at radius 1 is 1.20 bits per heavy atom. The van der Waals surface area contributed by atoms with Crippen LogP contribution >= 0.6 is 0 Å². The largest absolute Gasteiger partial charge is 0.497 e. The lowest BCUT2D eigenvalue weighted by Crippen LogP contribution is -2.62. The number of piperazine rings is 1. The zero-order valence-electron chi connectivity index (χ0n) is 14.4. The Kier molecular flexibility index (Phi) is 5.24. The van der Waals surface area contributed by atoms with Crippen molar-refractivity contribution >= 4 is 11.9 Å². The number of nitrogens with zero attached hydrogens (tertiary/aromatic N) is 2. The van der Waals surface area contributed by atoms with Gasteiger partial charge in [-0.15, -0.1) is 0 Å². The highest BCUT2D eigenvalue weighted by Crippen LogP contribution is 2.28. The number of hydrogen-bond donors (Lipinski definition) is 1. The molecule has 1 N–H and O–H groups in total. The van der Waals surface area contributed by atoms with Gasteiger partial charge < -0.3 is 19.5 Å². The van der Waals surface area contributed by atoms with Crippen LogP contribution in [0.3, 0.4) is 0 Å². The van der Waals surface area contributed by atoms with E-state index in [0.29, 0.717) is 45.6 Å². The van der Waals surface area contributed by atoms with Gasteiger partial charge in [0.05, 0.1) is 20.1 Å². The van der Waals surface area contributed by atoms with Crippen molar-refractivity contribution in [2.45, 2.75) is 18.4 Å². The molecule has 2 aliphatic rings. The molecule has 7 nitrogen and oxygen atoms in total. The minimum atomic E-state index is -0.925. The van der Waals surface area contributed by atoms with E-state index in [9.17, 15) is 14.7 Å². The third-order valence-corrected chi connectivity index (χ3v) is 5.15. The van der Waals surface area contributed by atoms with Crippen LogP contribution in [-0.4, -0.2) is 78.8 Å². The quantitative estimate of drug-likeness (QED) is 0.841. The van der Waals surface area contributed by atoms with Crippen molar-refractivity contribution in [3.63, 3.8) is 0 Å². The van der Waals surface area contributed by atoms with E-state index in [4.69, 9.17) is 9.47 Å². The van der Waals surface area contributed by atoms with Crippen LogP contribution in [0.4, 0.5) is 0 Å². The van der Waals surface area contributed by atoms with E-state index < -0.39 is 11.5 Å². The molecule has 2 aliphatic heterocycles. The van der Waals surface area contributed by atoms with Gasteiger partial charge in [-0.2, -0.15) is 0 Å². The molecule has 7 heteroatoms. The zero-order chi connectivity index (χ0) is 17.9. The minimum Gasteiger partial charge on any atom is -0.497 e. The van der Waals surface area contributed by atoms with Crippen LogP contribution in [0.25, 0.3) is 0 Å². The monoisotopic (exact) mass is 348 g/mol. The van der Waals surface area contributed by atoms with Gasteiger partial charge in [0.1, 0.15) is 11.3 Å². The first-order chi connectivity index (χ1) is 12.0. The minimum absolute atomic E-state index is 0.0665. The van der Waals surface area contributed by atoms with Crippen LogP contribution < -0.4 is 4.74 Å². The normalized spacial score (nSPS) is 24.3. The third kappa shape index (κ3) is 3.62. The molecule has 3 rings (SSSR count). The molecule has 1 unspecified atom stereocenters. The van der Waals surface area contributed by atoms with Crippen molar-refractivity contribution in [2.24, 2.45) is 0 Å². The maximum absolute atomic E-state index is 12.5. The Morgan fingerprint density at radius 3 is 2.40 bits per heavy atom. The van der Waals surface area contributed by atoms with Gasteiger partial charge in [0.25, 0.3) is 0 Å². The summed E-state index contributed by atoms with van der Waals surface area (Å²) in [7, 11) is 1.61. The summed E-state index contributed by atoms with van der Waals surface area (Å²) in [6.07, 6.45) is 0.847. The van der Waals surface area contributed by atoms with E-state index >= 15 is 0 Å². The standard InChI is InChI=1S/C18H24N2O5/c1-24-15-4-2-14(3-5-15)12-16(21)19-7-9-20(10-8-19)18(17(22)23)6-11-25-13-18/h2-5H,6-13H2,1H3,(H,22,23). The Balaban J connectivity index is 1.56. The molecule has 25 heavy (non-hydrogen) atoms. The maximum Gasteiger partial charge on any atom is 0.326 e. The van der Waals surface area contributed by atoms with Crippen LogP contribution in [0, 0.1) is 0 Å². The van der Waals surface area contributed by atoms with Crippen molar-refractivity contribution < 1.29 is 24.2 Å². The predicted molar refractivity (Wildman–Crippen MR) is 90.7 cm³/mol. The number of amides is 1. The van der Waals surface area contributed by atoms with Crippen molar-refractivity contribution in [1.82, 2.24) is 9.80 Å². The van der Waals surface area contributed by atoms with Gasteiger partial charge in [-0.3, -0.25) is 14.5 Å². The lowest BCUT2D eigenvalue weighted by atomic mass is 9.95. The van der Waals surface area contributed by atoms with E-state index in [0.717, 1.165) is 11.3 Å². The molecule has 0 aromatic heterocycles. The number of carboxylic acids is 1. The number of methoxy groups -OCH3 is 1. The second-order valence-corrected chi connectivity index (χ2v) is 6.53. The average molecular weight is 348 g/mol. The number of hydrogen-bond acceptors (Lipinski definition) is 5. The number of ether oxygens (including phenoxy) is 2. The first-order valence-electron chi connectivity index (χ1n) is 8.52. The van der Waals surface area contributed by atoms with E-state index in [-0.39, 0.29) is 12.5 Å². The van der Waals surface area contributed by atoms with Crippen LogP contribution in [0.2, 0.25) is 0 Å². The number of aliphatic carboxylic acids is 1. The summed E-state index contributed by atoms with van der Waals surface area (Å²) in [5.74, 6) is 0.00226. The van der Waals surface area contributed by atoms with Crippen molar-refractivity contribution in [1.29, 1.82) is 0 Å². The lowest BCUT2D eigenvalue weighted by molar-refractivity contribution is -0.153. The van der Waals surface area contributed by atoms with Gasteiger partial charge in [0.15, 0.2) is 0 Å². The highest BCUT2D eigenvalue weighted by atomic mass is 16.5. The van der Waals surface area contributed by atoms with Crippen molar-refractivity contribution in [3.05, 3.63) is 29.8 Å². The second-order valence-electron chi connectivity index (χ2n) is 6.53. The van der Waals surface area contributed by atoms with Gasteiger partial charge in [0.2, 0.25) is 5.91 Å². The van der Waals surface area contributed by atoms with E-state index in [1.807, 2.05) is 34.1 Å². The Labute approximate surface area is 147 Å². The number of carbonyl (C=O) groups is 2. The first-order valence-corrected chi connectivity index (χ1v) is 8.52. The van der Waals surface area contributed by atoms with E-state index in [2.05, 4.69) is 0 Å². The van der Waals surface area contributed by atoms with Crippen LogP contribution in [0.1, 0.15) is 12.0 Å². The fourth-order valence-corrected chi connectivity index (χ4v) is 3.52. The average Bonchev–Trinajstić information content (AvgIpc) is 3.14. The molecule has 1 atom stereocenters.